The third-order valence-corrected chi connectivity index (χ3v) is 3.78. The summed E-state index contributed by atoms with van der Waals surface area (Å²) in [7, 11) is 0. The zero-order chi connectivity index (χ0) is 14.1. The number of aromatic nitrogens is 1. The molecule has 0 aliphatic carbocycles. The molecule has 1 aromatic carbocycles. The summed E-state index contributed by atoms with van der Waals surface area (Å²) in [5.74, 6) is -0.869. The number of rotatable bonds is 3. The van der Waals surface area contributed by atoms with E-state index < -0.39 is 5.97 Å². The standard InChI is InChI=1S/C16H16N2O2/c1-11-3-2-7-17-14(11)10-18-8-6-12-9-13(16(19)20)4-5-15(12)18/h2-5,7,9H,6,8,10H2,1H3,(H,19,20). The van der Waals surface area contributed by atoms with Gasteiger partial charge < -0.3 is 10.0 Å². The first-order chi connectivity index (χ1) is 9.65. The summed E-state index contributed by atoms with van der Waals surface area (Å²) in [4.78, 5) is 17.7. The quantitative estimate of drug-likeness (QED) is 0.929. The Morgan fingerprint density at radius 1 is 1.40 bits per heavy atom. The number of nitrogens with zero attached hydrogens (tertiary/aromatic N) is 2. The average molecular weight is 268 g/mol. The summed E-state index contributed by atoms with van der Waals surface area (Å²) in [6.07, 6.45) is 2.70. The van der Waals surface area contributed by atoms with Gasteiger partial charge in [0.15, 0.2) is 0 Å². The van der Waals surface area contributed by atoms with Gasteiger partial charge in [-0.25, -0.2) is 4.79 Å². The van der Waals surface area contributed by atoms with Crippen molar-refractivity contribution >= 4 is 11.7 Å². The van der Waals surface area contributed by atoms with E-state index in [0.717, 1.165) is 36.5 Å². The van der Waals surface area contributed by atoms with Crippen molar-refractivity contribution in [1.29, 1.82) is 0 Å². The number of pyridine rings is 1. The van der Waals surface area contributed by atoms with Crippen molar-refractivity contribution in [1.82, 2.24) is 4.98 Å². The average Bonchev–Trinajstić information content (AvgIpc) is 2.84. The van der Waals surface area contributed by atoms with Crippen LogP contribution in [0.4, 0.5) is 5.69 Å². The lowest BCUT2D eigenvalue weighted by molar-refractivity contribution is 0.0697. The van der Waals surface area contributed by atoms with Gasteiger partial charge in [-0.05, 0) is 48.7 Å². The van der Waals surface area contributed by atoms with Gasteiger partial charge in [0.25, 0.3) is 0 Å². The molecule has 2 aromatic rings. The van der Waals surface area contributed by atoms with Gasteiger partial charge in [-0.1, -0.05) is 6.07 Å². The van der Waals surface area contributed by atoms with Crippen molar-refractivity contribution in [2.45, 2.75) is 19.9 Å². The molecule has 3 rings (SSSR count). The first-order valence-electron chi connectivity index (χ1n) is 6.67. The molecule has 0 radical (unpaired) electrons. The molecule has 0 fully saturated rings. The fourth-order valence-corrected chi connectivity index (χ4v) is 2.63. The number of benzene rings is 1. The van der Waals surface area contributed by atoms with Crippen LogP contribution in [0, 0.1) is 6.92 Å². The van der Waals surface area contributed by atoms with Gasteiger partial charge in [-0.2, -0.15) is 0 Å². The van der Waals surface area contributed by atoms with Crippen molar-refractivity contribution < 1.29 is 9.90 Å². The second kappa shape index (κ2) is 4.96. The normalized spacial score (nSPS) is 13.3. The van der Waals surface area contributed by atoms with Gasteiger partial charge in [0, 0.05) is 18.4 Å². The molecule has 0 unspecified atom stereocenters. The number of aromatic carboxylic acids is 1. The smallest absolute Gasteiger partial charge is 0.335 e. The maximum absolute atomic E-state index is 11.0. The van der Waals surface area contributed by atoms with Gasteiger partial charge in [0.2, 0.25) is 0 Å². The Hall–Kier alpha value is -2.36. The highest BCUT2D eigenvalue weighted by atomic mass is 16.4. The second-order valence-electron chi connectivity index (χ2n) is 5.09. The van der Waals surface area contributed by atoms with Gasteiger partial charge >= 0.3 is 5.97 Å². The highest BCUT2D eigenvalue weighted by molar-refractivity contribution is 5.88. The zero-order valence-corrected chi connectivity index (χ0v) is 11.3. The number of carbonyl (C=O) groups is 1. The minimum atomic E-state index is -0.869. The molecular weight excluding hydrogens is 252 g/mol. The van der Waals surface area contributed by atoms with E-state index in [1.54, 1.807) is 12.1 Å². The van der Waals surface area contributed by atoms with Crippen LogP contribution < -0.4 is 4.90 Å². The Morgan fingerprint density at radius 2 is 2.25 bits per heavy atom. The SMILES string of the molecule is Cc1cccnc1CN1CCc2cc(C(=O)O)ccc21. The van der Waals surface area contributed by atoms with Gasteiger partial charge in [-0.15, -0.1) is 0 Å². The Bertz CT molecular complexity index is 667. The minimum Gasteiger partial charge on any atom is -0.478 e. The first kappa shape index (κ1) is 12.7. The largest absolute Gasteiger partial charge is 0.478 e. The summed E-state index contributed by atoms with van der Waals surface area (Å²) >= 11 is 0. The van der Waals surface area contributed by atoms with Crippen LogP contribution in [-0.4, -0.2) is 22.6 Å². The lowest BCUT2D eigenvalue weighted by atomic mass is 10.1. The van der Waals surface area contributed by atoms with Crippen LogP contribution >= 0.6 is 0 Å². The molecule has 0 spiro atoms. The Kier molecular flexibility index (Phi) is 3.14. The van der Waals surface area contributed by atoms with Crippen molar-refractivity contribution in [3.05, 3.63) is 58.9 Å². The number of fused-ring (bicyclic) bond motifs is 1. The van der Waals surface area contributed by atoms with E-state index in [9.17, 15) is 4.79 Å². The number of carboxylic acids is 1. The Balaban J connectivity index is 1.87. The van der Waals surface area contributed by atoms with Gasteiger partial charge in [0.05, 0.1) is 17.8 Å². The third kappa shape index (κ3) is 2.25. The second-order valence-corrected chi connectivity index (χ2v) is 5.09. The molecule has 20 heavy (non-hydrogen) atoms. The molecule has 4 nitrogen and oxygen atoms in total. The van der Waals surface area contributed by atoms with E-state index >= 15 is 0 Å². The number of hydrogen-bond acceptors (Lipinski definition) is 3. The maximum atomic E-state index is 11.0. The molecule has 0 saturated heterocycles. The summed E-state index contributed by atoms with van der Waals surface area (Å²) in [6.45, 7) is 3.74. The van der Waals surface area contributed by atoms with Crippen LogP contribution in [0.3, 0.4) is 0 Å². The molecule has 0 amide bonds. The number of carboxylic acid groups (broad SMARTS) is 1. The molecule has 0 atom stereocenters. The van der Waals surface area contributed by atoms with Crippen LogP contribution in [-0.2, 0) is 13.0 Å². The summed E-state index contributed by atoms with van der Waals surface area (Å²) in [5, 5.41) is 9.03. The van der Waals surface area contributed by atoms with Crippen LogP contribution in [0.15, 0.2) is 36.5 Å². The fraction of sp³-hybridized carbons (Fsp3) is 0.250. The van der Waals surface area contributed by atoms with Crippen molar-refractivity contribution in [3.8, 4) is 0 Å². The molecule has 1 N–H and O–H groups in total. The predicted octanol–water partition coefficient (Wildman–Crippen LogP) is 2.65. The molecule has 2 heterocycles. The molecule has 1 aromatic heterocycles. The van der Waals surface area contributed by atoms with Gasteiger partial charge in [0.1, 0.15) is 0 Å². The van der Waals surface area contributed by atoms with E-state index in [-0.39, 0.29) is 0 Å². The van der Waals surface area contributed by atoms with Crippen molar-refractivity contribution in [2.75, 3.05) is 11.4 Å². The van der Waals surface area contributed by atoms with E-state index in [4.69, 9.17) is 5.11 Å². The summed E-state index contributed by atoms with van der Waals surface area (Å²) in [6, 6.07) is 9.36. The molecule has 1 aliphatic rings. The number of anilines is 1. The summed E-state index contributed by atoms with van der Waals surface area (Å²) in [5.41, 5.74) is 4.85. The predicted molar refractivity (Wildman–Crippen MR) is 77.1 cm³/mol. The lowest BCUT2D eigenvalue weighted by Crippen LogP contribution is -2.21. The number of aryl methyl sites for hydroxylation is 1. The zero-order valence-electron chi connectivity index (χ0n) is 11.3. The molecule has 0 bridgehead atoms. The third-order valence-electron chi connectivity index (χ3n) is 3.78. The first-order valence-corrected chi connectivity index (χ1v) is 6.67. The Morgan fingerprint density at radius 3 is 3.00 bits per heavy atom. The maximum Gasteiger partial charge on any atom is 0.335 e. The molecule has 102 valence electrons. The fourth-order valence-electron chi connectivity index (χ4n) is 2.63. The monoisotopic (exact) mass is 268 g/mol. The van der Waals surface area contributed by atoms with E-state index in [0.29, 0.717) is 5.56 Å². The van der Waals surface area contributed by atoms with Crippen molar-refractivity contribution in [3.63, 3.8) is 0 Å². The highest BCUT2D eigenvalue weighted by Gasteiger charge is 2.21. The van der Waals surface area contributed by atoms with Crippen LogP contribution in [0.1, 0.15) is 27.2 Å². The minimum absolute atomic E-state index is 0.361. The van der Waals surface area contributed by atoms with Gasteiger partial charge in [-0.3, -0.25) is 4.98 Å². The highest BCUT2D eigenvalue weighted by Crippen LogP contribution is 2.30. The van der Waals surface area contributed by atoms with Crippen LogP contribution in [0.5, 0.6) is 0 Å². The lowest BCUT2D eigenvalue weighted by Gasteiger charge is -2.20. The van der Waals surface area contributed by atoms with E-state index in [1.165, 1.54) is 5.56 Å². The Labute approximate surface area is 117 Å². The van der Waals surface area contributed by atoms with E-state index in [2.05, 4.69) is 22.9 Å². The molecular formula is C16H16N2O2. The molecule has 0 saturated carbocycles. The molecule has 4 heteroatoms. The van der Waals surface area contributed by atoms with Crippen LogP contribution in [0.25, 0.3) is 0 Å². The van der Waals surface area contributed by atoms with E-state index in [1.807, 2.05) is 18.3 Å². The number of hydrogen-bond donors (Lipinski definition) is 1. The molecule has 1 aliphatic heterocycles. The summed E-state index contributed by atoms with van der Waals surface area (Å²) < 4.78 is 0. The van der Waals surface area contributed by atoms with Crippen LogP contribution in [0.2, 0.25) is 0 Å². The van der Waals surface area contributed by atoms with Crippen molar-refractivity contribution in [2.24, 2.45) is 0 Å². The topological polar surface area (TPSA) is 53.4 Å².